The molecule has 1 amide bonds. The van der Waals surface area contributed by atoms with Gasteiger partial charge in [-0.2, -0.15) is 5.10 Å². The zero-order chi connectivity index (χ0) is 20.3. The molecule has 0 aliphatic heterocycles. The molecule has 3 rings (SSSR count). The maximum atomic E-state index is 13.2. The lowest BCUT2D eigenvalue weighted by molar-refractivity contribution is -0.119. The number of carbonyl (C=O) groups is 1. The number of benzene rings is 1. The van der Waals surface area contributed by atoms with E-state index in [2.05, 4.69) is 39.8 Å². The molecule has 28 heavy (non-hydrogen) atoms. The summed E-state index contributed by atoms with van der Waals surface area (Å²) in [5.41, 5.74) is 2.82. The molecule has 0 aliphatic carbocycles. The van der Waals surface area contributed by atoms with E-state index < -0.39 is 0 Å². The molecule has 0 aliphatic rings. The number of amides is 1. The molecule has 0 bridgehead atoms. The molecule has 8 heteroatoms. The summed E-state index contributed by atoms with van der Waals surface area (Å²) in [7, 11) is 0. The number of rotatable bonds is 8. The van der Waals surface area contributed by atoms with Crippen LogP contribution in [0.2, 0.25) is 0 Å². The van der Waals surface area contributed by atoms with Crippen LogP contribution in [0.4, 0.5) is 5.13 Å². The predicted octanol–water partition coefficient (Wildman–Crippen LogP) is 4.25. The quantitative estimate of drug-likeness (QED) is 0.500. The number of nitrogens with zero attached hydrogens (tertiary/aromatic N) is 5. The third-order valence-electron chi connectivity index (χ3n) is 4.79. The molecular weight excluding hydrogens is 438 g/mol. The van der Waals surface area contributed by atoms with Crippen LogP contribution < -0.4 is 4.90 Å². The molecule has 2 aromatic heterocycles. The van der Waals surface area contributed by atoms with Crippen LogP contribution in [0.3, 0.4) is 0 Å². The van der Waals surface area contributed by atoms with Gasteiger partial charge in [-0.15, -0.1) is 0 Å². The van der Waals surface area contributed by atoms with Crippen LogP contribution in [0, 0.1) is 13.8 Å². The van der Waals surface area contributed by atoms with Gasteiger partial charge in [0.1, 0.15) is 6.54 Å². The van der Waals surface area contributed by atoms with Crippen molar-refractivity contribution >= 4 is 48.5 Å². The van der Waals surface area contributed by atoms with Crippen LogP contribution in [-0.4, -0.2) is 51.8 Å². The fraction of sp³-hybridized carbons (Fsp3) is 0.450. The Kier molecular flexibility index (Phi) is 6.85. The minimum absolute atomic E-state index is 0.0106. The number of likely N-dealkylation sites (N-methyl/N-ethyl adjacent to an activating group) is 1. The lowest BCUT2D eigenvalue weighted by atomic mass is 10.3. The zero-order valence-corrected chi connectivity index (χ0v) is 19.2. The highest BCUT2D eigenvalue weighted by Gasteiger charge is 2.21. The van der Waals surface area contributed by atoms with E-state index >= 15 is 0 Å². The minimum atomic E-state index is 0.0106. The monoisotopic (exact) mass is 463 g/mol. The second-order valence-electron chi connectivity index (χ2n) is 6.77. The zero-order valence-electron chi connectivity index (χ0n) is 16.8. The molecule has 0 atom stereocenters. The number of carbonyl (C=O) groups excluding carboxylic acids is 1. The van der Waals surface area contributed by atoms with Gasteiger partial charge in [0.05, 0.1) is 15.9 Å². The first-order valence-electron chi connectivity index (χ1n) is 9.51. The van der Waals surface area contributed by atoms with Crippen LogP contribution in [-0.2, 0) is 11.3 Å². The van der Waals surface area contributed by atoms with Crippen LogP contribution in [0.15, 0.2) is 28.7 Å². The first kappa shape index (κ1) is 21.0. The van der Waals surface area contributed by atoms with Crippen molar-refractivity contribution in [3.05, 3.63) is 40.1 Å². The van der Waals surface area contributed by atoms with E-state index in [1.807, 2.05) is 43.0 Å². The van der Waals surface area contributed by atoms with Crippen molar-refractivity contribution in [2.24, 2.45) is 0 Å². The number of aromatic nitrogens is 3. The SMILES string of the molecule is CCN(CC)CCN(C(=O)Cn1nc(C)cc1C)c1nc2ccc(Br)cc2s1. The van der Waals surface area contributed by atoms with Crippen molar-refractivity contribution < 1.29 is 4.79 Å². The Morgan fingerprint density at radius 3 is 2.57 bits per heavy atom. The summed E-state index contributed by atoms with van der Waals surface area (Å²) in [6, 6.07) is 7.99. The molecule has 0 N–H and O–H groups in total. The topological polar surface area (TPSA) is 54.3 Å². The van der Waals surface area contributed by atoms with E-state index in [9.17, 15) is 4.79 Å². The molecule has 3 aromatic rings. The number of aryl methyl sites for hydroxylation is 2. The van der Waals surface area contributed by atoms with Gasteiger partial charge in [0.15, 0.2) is 5.13 Å². The highest BCUT2D eigenvalue weighted by molar-refractivity contribution is 9.10. The van der Waals surface area contributed by atoms with Gasteiger partial charge in [-0.1, -0.05) is 41.1 Å². The summed E-state index contributed by atoms with van der Waals surface area (Å²) < 4.78 is 3.85. The van der Waals surface area contributed by atoms with E-state index in [0.717, 1.165) is 50.8 Å². The molecule has 1 aromatic carbocycles. The Hall–Kier alpha value is -1.77. The Morgan fingerprint density at radius 2 is 1.93 bits per heavy atom. The van der Waals surface area contributed by atoms with Gasteiger partial charge in [-0.05, 0) is 51.2 Å². The fourth-order valence-corrected chi connectivity index (χ4v) is 4.72. The van der Waals surface area contributed by atoms with Crippen molar-refractivity contribution in [2.75, 3.05) is 31.1 Å². The van der Waals surface area contributed by atoms with Gasteiger partial charge in [-0.3, -0.25) is 14.4 Å². The largest absolute Gasteiger partial charge is 0.302 e. The lowest BCUT2D eigenvalue weighted by Gasteiger charge is -2.24. The number of hydrogen-bond acceptors (Lipinski definition) is 5. The smallest absolute Gasteiger partial charge is 0.250 e. The summed E-state index contributed by atoms with van der Waals surface area (Å²) in [5.74, 6) is 0.0106. The average molecular weight is 464 g/mol. The first-order valence-corrected chi connectivity index (χ1v) is 11.1. The van der Waals surface area contributed by atoms with Crippen molar-refractivity contribution in [3.63, 3.8) is 0 Å². The summed E-state index contributed by atoms with van der Waals surface area (Å²) in [5, 5.41) is 5.19. The van der Waals surface area contributed by atoms with E-state index in [-0.39, 0.29) is 12.5 Å². The highest BCUT2D eigenvalue weighted by atomic mass is 79.9. The second kappa shape index (κ2) is 9.15. The van der Waals surface area contributed by atoms with E-state index in [1.54, 1.807) is 16.0 Å². The lowest BCUT2D eigenvalue weighted by Crippen LogP contribution is -2.40. The van der Waals surface area contributed by atoms with Crippen molar-refractivity contribution in [1.82, 2.24) is 19.7 Å². The number of anilines is 1. The Labute approximate surface area is 178 Å². The van der Waals surface area contributed by atoms with Crippen molar-refractivity contribution in [2.45, 2.75) is 34.2 Å². The average Bonchev–Trinajstić information content (AvgIpc) is 3.20. The third kappa shape index (κ3) is 4.79. The number of fused-ring (bicyclic) bond motifs is 1. The van der Waals surface area contributed by atoms with E-state index in [0.29, 0.717) is 6.54 Å². The van der Waals surface area contributed by atoms with Crippen LogP contribution in [0.1, 0.15) is 25.2 Å². The molecule has 150 valence electrons. The minimum Gasteiger partial charge on any atom is -0.302 e. The molecule has 0 radical (unpaired) electrons. The van der Waals surface area contributed by atoms with Gasteiger partial charge in [0.25, 0.3) is 5.91 Å². The molecule has 2 heterocycles. The Bertz CT molecular complexity index is 963. The normalized spacial score (nSPS) is 11.5. The van der Waals surface area contributed by atoms with E-state index in [4.69, 9.17) is 4.98 Å². The predicted molar refractivity (Wildman–Crippen MR) is 119 cm³/mol. The fourth-order valence-electron chi connectivity index (χ4n) is 3.16. The van der Waals surface area contributed by atoms with Gasteiger partial charge in [0, 0.05) is 23.3 Å². The van der Waals surface area contributed by atoms with Gasteiger partial charge >= 0.3 is 0 Å². The number of hydrogen-bond donors (Lipinski definition) is 0. The molecule has 0 fully saturated rings. The van der Waals surface area contributed by atoms with E-state index in [1.165, 1.54) is 0 Å². The second-order valence-corrected chi connectivity index (χ2v) is 8.69. The van der Waals surface area contributed by atoms with Crippen LogP contribution in [0.25, 0.3) is 10.2 Å². The molecule has 0 saturated carbocycles. The maximum Gasteiger partial charge on any atom is 0.250 e. The van der Waals surface area contributed by atoms with Gasteiger partial charge in [-0.25, -0.2) is 4.98 Å². The molecule has 6 nitrogen and oxygen atoms in total. The first-order chi connectivity index (χ1) is 13.4. The molecular formula is C20H26BrN5OS. The molecule has 0 saturated heterocycles. The molecule has 0 unspecified atom stereocenters. The standard InChI is InChI=1S/C20H26BrN5OS/c1-5-24(6-2)9-10-25(19(27)13-26-15(4)11-14(3)23-26)20-22-17-8-7-16(21)12-18(17)28-20/h7-8,11-12H,5-6,9-10,13H2,1-4H3. The Morgan fingerprint density at radius 1 is 1.18 bits per heavy atom. The van der Waals surface area contributed by atoms with Gasteiger partial charge < -0.3 is 4.90 Å². The van der Waals surface area contributed by atoms with Crippen molar-refractivity contribution in [1.29, 1.82) is 0 Å². The summed E-state index contributed by atoms with van der Waals surface area (Å²) in [6.07, 6.45) is 0. The molecule has 0 spiro atoms. The third-order valence-corrected chi connectivity index (χ3v) is 6.33. The summed E-state index contributed by atoms with van der Waals surface area (Å²) in [6.45, 7) is 11.8. The summed E-state index contributed by atoms with van der Waals surface area (Å²) >= 11 is 5.06. The van der Waals surface area contributed by atoms with Crippen LogP contribution >= 0.6 is 27.3 Å². The highest BCUT2D eigenvalue weighted by Crippen LogP contribution is 2.31. The Balaban J connectivity index is 1.88. The van der Waals surface area contributed by atoms with Crippen molar-refractivity contribution in [3.8, 4) is 0 Å². The number of thiazole rings is 1. The van der Waals surface area contributed by atoms with Crippen LogP contribution in [0.5, 0.6) is 0 Å². The number of halogens is 1. The maximum absolute atomic E-state index is 13.2. The summed E-state index contributed by atoms with van der Waals surface area (Å²) in [4.78, 5) is 22.1. The van der Waals surface area contributed by atoms with Gasteiger partial charge in [0.2, 0.25) is 0 Å².